The average molecular weight is 175 g/mol. The Morgan fingerprint density at radius 3 is 3.08 bits per heavy atom. The molecule has 0 saturated carbocycles. The van der Waals surface area contributed by atoms with Crippen LogP contribution in [0.1, 0.15) is 32.6 Å². The normalized spacial score (nSPS) is 17.0. The Labute approximate surface area is 80.6 Å². The fraction of sp³-hybridized carbons (Fsp3) is 0.417. The highest BCUT2D eigenvalue weighted by Crippen LogP contribution is 2.15. The van der Waals surface area contributed by atoms with Crippen molar-refractivity contribution in [2.45, 2.75) is 32.6 Å². The maximum absolute atomic E-state index is 4.39. The minimum absolute atomic E-state index is 1.08. The van der Waals surface area contributed by atoms with Gasteiger partial charge in [0.2, 0.25) is 0 Å². The molecule has 1 aliphatic heterocycles. The van der Waals surface area contributed by atoms with E-state index in [1.165, 1.54) is 17.7 Å². The Hall–Kier alpha value is -1.11. The highest BCUT2D eigenvalue weighted by atomic mass is 14.7. The van der Waals surface area contributed by atoms with Crippen molar-refractivity contribution in [2.24, 2.45) is 4.99 Å². The summed E-state index contributed by atoms with van der Waals surface area (Å²) in [4.78, 5) is 4.39. The second kappa shape index (κ2) is 5.52. The molecular weight excluding hydrogens is 158 g/mol. The van der Waals surface area contributed by atoms with Gasteiger partial charge < -0.3 is 0 Å². The van der Waals surface area contributed by atoms with Gasteiger partial charge in [-0.25, -0.2) is 0 Å². The molecule has 1 heterocycles. The van der Waals surface area contributed by atoms with Crippen molar-refractivity contribution in [3.05, 3.63) is 36.6 Å². The minimum atomic E-state index is 1.08. The van der Waals surface area contributed by atoms with Gasteiger partial charge in [-0.15, -0.1) is 0 Å². The van der Waals surface area contributed by atoms with Crippen LogP contribution in [-0.2, 0) is 0 Å². The van der Waals surface area contributed by atoms with Crippen LogP contribution in [0.3, 0.4) is 0 Å². The Kier molecular flexibility index (Phi) is 4.24. The van der Waals surface area contributed by atoms with Crippen molar-refractivity contribution in [2.75, 3.05) is 0 Å². The van der Waals surface area contributed by atoms with Crippen LogP contribution < -0.4 is 0 Å². The number of rotatable bonds is 4. The van der Waals surface area contributed by atoms with E-state index in [0.29, 0.717) is 0 Å². The Morgan fingerprint density at radius 1 is 1.69 bits per heavy atom. The lowest BCUT2D eigenvalue weighted by atomic mass is 10.00. The number of hydrogen-bond acceptors (Lipinski definition) is 1. The molecule has 0 atom stereocenters. The van der Waals surface area contributed by atoms with Gasteiger partial charge in [0, 0.05) is 11.9 Å². The van der Waals surface area contributed by atoms with Gasteiger partial charge in [-0.2, -0.15) is 0 Å². The SMILES string of the molecule is C=C/C=C(\CCC)C1=NC=CCC1. The van der Waals surface area contributed by atoms with Crippen molar-refractivity contribution in [1.29, 1.82) is 0 Å². The van der Waals surface area contributed by atoms with E-state index in [-0.39, 0.29) is 0 Å². The van der Waals surface area contributed by atoms with E-state index in [0.717, 1.165) is 19.3 Å². The average Bonchev–Trinajstić information content (AvgIpc) is 2.19. The zero-order valence-corrected chi connectivity index (χ0v) is 8.29. The molecule has 0 N–H and O–H groups in total. The van der Waals surface area contributed by atoms with Crippen LogP contribution in [0.25, 0.3) is 0 Å². The lowest BCUT2D eigenvalue weighted by molar-refractivity contribution is 0.920. The van der Waals surface area contributed by atoms with E-state index < -0.39 is 0 Å². The second-order valence-electron chi connectivity index (χ2n) is 3.18. The van der Waals surface area contributed by atoms with Gasteiger partial charge in [-0.05, 0) is 24.8 Å². The molecule has 0 radical (unpaired) electrons. The van der Waals surface area contributed by atoms with Crippen LogP contribution >= 0.6 is 0 Å². The molecule has 0 unspecified atom stereocenters. The van der Waals surface area contributed by atoms with E-state index >= 15 is 0 Å². The van der Waals surface area contributed by atoms with Gasteiger partial charge in [0.15, 0.2) is 0 Å². The van der Waals surface area contributed by atoms with Crippen molar-refractivity contribution < 1.29 is 0 Å². The molecule has 0 amide bonds. The van der Waals surface area contributed by atoms with Crippen molar-refractivity contribution in [1.82, 2.24) is 0 Å². The molecule has 70 valence electrons. The quantitative estimate of drug-likeness (QED) is 0.578. The third kappa shape index (κ3) is 3.02. The summed E-state index contributed by atoms with van der Waals surface area (Å²) in [6.45, 7) is 5.92. The summed E-state index contributed by atoms with van der Waals surface area (Å²) in [6.07, 6.45) is 12.4. The molecule has 13 heavy (non-hydrogen) atoms. The van der Waals surface area contributed by atoms with Crippen LogP contribution in [0, 0.1) is 0 Å². The molecule has 1 nitrogen and oxygen atoms in total. The van der Waals surface area contributed by atoms with Gasteiger partial charge in [0.05, 0.1) is 0 Å². The standard InChI is InChI=1S/C12H17N/c1-3-7-11(8-4-2)12-9-5-6-10-13-12/h3,6-7,10H,1,4-5,8-9H2,2H3/b11-7+. The first-order valence-electron chi connectivity index (χ1n) is 4.92. The fourth-order valence-electron chi connectivity index (χ4n) is 1.48. The molecule has 0 aromatic rings. The second-order valence-corrected chi connectivity index (χ2v) is 3.18. The molecule has 0 fully saturated rings. The van der Waals surface area contributed by atoms with Gasteiger partial charge in [0.25, 0.3) is 0 Å². The molecule has 1 rings (SSSR count). The smallest absolute Gasteiger partial charge is 0.0438 e. The number of aliphatic imine (C=N–C) groups is 1. The van der Waals surface area contributed by atoms with Crippen LogP contribution in [0.2, 0.25) is 0 Å². The highest BCUT2D eigenvalue weighted by molar-refractivity contribution is 6.01. The maximum Gasteiger partial charge on any atom is 0.0438 e. The van der Waals surface area contributed by atoms with E-state index in [9.17, 15) is 0 Å². The number of allylic oxidation sites excluding steroid dienone is 4. The summed E-state index contributed by atoms with van der Waals surface area (Å²) in [5.41, 5.74) is 2.59. The van der Waals surface area contributed by atoms with Crippen LogP contribution in [0.15, 0.2) is 41.6 Å². The molecule has 0 bridgehead atoms. The summed E-state index contributed by atoms with van der Waals surface area (Å²) in [5.74, 6) is 0. The predicted octanol–water partition coefficient (Wildman–Crippen LogP) is 3.65. The first kappa shape index (κ1) is 9.97. The fourth-order valence-corrected chi connectivity index (χ4v) is 1.48. The number of nitrogens with zero attached hydrogens (tertiary/aromatic N) is 1. The van der Waals surface area contributed by atoms with Gasteiger partial charge in [-0.3, -0.25) is 4.99 Å². The molecule has 0 aliphatic carbocycles. The van der Waals surface area contributed by atoms with Crippen LogP contribution in [-0.4, -0.2) is 5.71 Å². The molecule has 1 aliphatic rings. The van der Waals surface area contributed by atoms with E-state index in [4.69, 9.17) is 0 Å². The zero-order valence-electron chi connectivity index (χ0n) is 8.29. The largest absolute Gasteiger partial charge is 0.261 e. The molecule has 0 saturated heterocycles. The molecule has 0 aromatic carbocycles. The first-order valence-corrected chi connectivity index (χ1v) is 4.92. The first-order chi connectivity index (χ1) is 6.38. The van der Waals surface area contributed by atoms with Crippen LogP contribution in [0.5, 0.6) is 0 Å². The predicted molar refractivity (Wildman–Crippen MR) is 59.0 cm³/mol. The maximum atomic E-state index is 4.39. The summed E-state index contributed by atoms with van der Waals surface area (Å²) in [7, 11) is 0. The van der Waals surface area contributed by atoms with Crippen LogP contribution in [0.4, 0.5) is 0 Å². The third-order valence-electron chi connectivity index (χ3n) is 2.09. The topological polar surface area (TPSA) is 12.4 Å². The zero-order chi connectivity index (χ0) is 9.52. The summed E-state index contributed by atoms with van der Waals surface area (Å²) >= 11 is 0. The molecule has 1 heteroatoms. The molecular formula is C12H17N. The Balaban J connectivity index is 2.74. The van der Waals surface area contributed by atoms with Gasteiger partial charge in [0.1, 0.15) is 0 Å². The van der Waals surface area contributed by atoms with Crippen molar-refractivity contribution in [3.8, 4) is 0 Å². The lowest BCUT2D eigenvalue weighted by Gasteiger charge is -2.10. The lowest BCUT2D eigenvalue weighted by Crippen LogP contribution is -2.04. The molecule has 0 aromatic heterocycles. The van der Waals surface area contributed by atoms with Gasteiger partial charge in [-0.1, -0.05) is 38.2 Å². The van der Waals surface area contributed by atoms with Crippen molar-refractivity contribution >= 4 is 5.71 Å². The minimum Gasteiger partial charge on any atom is -0.261 e. The third-order valence-corrected chi connectivity index (χ3v) is 2.09. The van der Waals surface area contributed by atoms with E-state index in [1.54, 1.807) is 0 Å². The highest BCUT2D eigenvalue weighted by Gasteiger charge is 2.06. The van der Waals surface area contributed by atoms with E-state index in [1.807, 2.05) is 12.3 Å². The number of hydrogen-bond donors (Lipinski definition) is 0. The van der Waals surface area contributed by atoms with Gasteiger partial charge >= 0.3 is 0 Å². The summed E-state index contributed by atoms with van der Waals surface area (Å²) in [5, 5.41) is 0. The Morgan fingerprint density at radius 2 is 2.54 bits per heavy atom. The Bertz CT molecular complexity index is 256. The summed E-state index contributed by atoms with van der Waals surface area (Å²) < 4.78 is 0. The molecule has 0 spiro atoms. The summed E-state index contributed by atoms with van der Waals surface area (Å²) in [6, 6.07) is 0. The monoisotopic (exact) mass is 175 g/mol. The van der Waals surface area contributed by atoms with Crippen molar-refractivity contribution in [3.63, 3.8) is 0 Å². The van der Waals surface area contributed by atoms with E-state index in [2.05, 4.69) is 30.6 Å².